The summed E-state index contributed by atoms with van der Waals surface area (Å²) in [5, 5.41) is 7.73. The van der Waals surface area contributed by atoms with Gasteiger partial charge in [-0.2, -0.15) is 5.10 Å². The fourth-order valence-corrected chi connectivity index (χ4v) is 3.67. The van der Waals surface area contributed by atoms with Crippen LogP contribution in [0.5, 0.6) is 0 Å². The predicted octanol–water partition coefficient (Wildman–Crippen LogP) is 3.05. The van der Waals surface area contributed by atoms with Gasteiger partial charge >= 0.3 is 0 Å². The van der Waals surface area contributed by atoms with E-state index in [-0.39, 0.29) is 5.60 Å². The van der Waals surface area contributed by atoms with Gasteiger partial charge in [0, 0.05) is 17.8 Å². The van der Waals surface area contributed by atoms with Crippen LogP contribution >= 0.6 is 0 Å². The van der Waals surface area contributed by atoms with E-state index in [1.807, 2.05) is 13.2 Å². The van der Waals surface area contributed by atoms with Gasteiger partial charge in [0.25, 0.3) is 0 Å². The molecule has 20 heavy (non-hydrogen) atoms. The molecule has 3 rings (SSSR count). The van der Waals surface area contributed by atoms with Crippen molar-refractivity contribution in [1.82, 2.24) is 15.1 Å². The molecule has 4 nitrogen and oxygen atoms in total. The summed E-state index contributed by atoms with van der Waals surface area (Å²) in [5.41, 5.74) is 1.47. The number of nitrogens with zero attached hydrogens (tertiary/aromatic N) is 2. The van der Waals surface area contributed by atoms with Gasteiger partial charge < -0.3 is 10.1 Å². The second kappa shape index (κ2) is 5.86. The highest BCUT2D eigenvalue weighted by Crippen LogP contribution is 2.42. The number of aromatic nitrogens is 2. The Morgan fingerprint density at radius 3 is 2.95 bits per heavy atom. The van der Waals surface area contributed by atoms with Gasteiger partial charge in [0.2, 0.25) is 0 Å². The summed E-state index contributed by atoms with van der Waals surface area (Å²) in [6.45, 7) is 3.06. The van der Waals surface area contributed by atoms with E-state index in [9.17, 15) is 0 Å². The number of ether oxygens (including phenoxy) is 1. The van der Waals surface area contributed by atoms with Crippen LogP contribution in [0.4, 0.5) is 0 Å². The summed E-state index contributed by atoms with van der Waals surface area (Å²) in [4.78, 5) is 0. The van der Waals surface area contributed by atoms with E-state index < -0.39 is 0 Å². The molecule has 2 aliphatic rings. The van der Waals surface area contributed by atoms with E-state index in [1.165, 1.54) is 50.5 Å². The lowest BCUT2D eigenvalue weighted by Gasteiger charge is -2.33. The predicted molar refractivity (Wildman–Crippen MR) is 79.6 cm³/mol. The highest BCUT2D eigenvalue weighted by atomic mass is 16.5. The van der Waals surface area contributed by atoms with Crippen molar-refractivity contribution in [3.05, 3.63) is 18.0 Å². The largest absolute Gasteiger partial charge is 0.370 e. The Labute approximate surface area is 121 Å². The Hall–Kier alpha value is -0.870. The van der Waals surface area contributed by atoms with Crippen LogP contribution in [0.3, 0.4) is 0 Å². The SMILES string of the molecule is CNC(C)c1cnn(CC2CCC3(CCCCC3)O2)c1. The van der Waals surface area contributed by atoms with E-state index in [4.69, 9.17) is 4.74 Å². The fourth-order valence-electron chi connectivity index (χ4n) is 3.67. The summed E-state index contributed by atoms with van der Waals surface area (Å²) in [5.74, 6) is 0. The zero-order valence-electron chi connectivity index (χ0n) is 12.8. The minimum atomic E-state index is 0.219. The van der Waals surface area contributed by atoms with Gasteiger partial charge in [0.05, 0.1) is 24.4 Å². The lowest BCUT2D eigenvalue weighted by atomic mass is 9.83. The average molecular weight is 277 g/mol. The van der Waals surface area contributed by atoms with E-state index in [2.05, 4.69) is 28.2 Å². The number of hydrogen-bond donors (Lipinski definition) is 1. The number of nitrogens with one attached hydrogen (secondary N) is 1. The minimum absolute atomic E-state index is 0.219. The quantitative estimate of drug-likeness (QED) is 0.919. The number of hydrogen-bond acceptors (Lipinski definition) is 3. The van der Waals surface area contributed by atoms with Crippen LogP contribution in [-0.2, 0) is 11.3 Å². The van der Waals surface area contributed by atoms with Gasteiger partial charge in [-0.05, 0) is 39.7 Å². The summed E-state index contributed by atoms with van der Waals surface area (Å²) >= 11 is 0. The molecule has 1 aromatic heterocycles. The summed E-state index contributed by atoms with van der Waals surface area (Å²) in [7, 11) is 1.98. The maximum absolute atomic E-state index is 6.41. The smallest absolute Gasteiger partial charge is 0.0779 e. The van der Waals surface area contributed by atoms with Gasteiger partial charge in [-0.15, -0.1) is 0 Å². The molecule has 2 fully saturated rings. The van der Waals surface area contributed by atoms with Crippen molar-refractivity contribution < 1.29 is 4.74 Å². The molecule has 112 valence electrons. The minimum Gasteiger partial charge on any atom is -0.370 e. The molecule has 0 bridgehead atoms. The van der Waals surface area contributed by atoms with Crippen LogP contribution in [0, 0.1) is 0 Å². The molecular formula is C16H27N3O. The second-order valence-corrected chi connectivity index (χ2v) is 6.53. The molecule has 0 amide bonds. The van der Waals surface area contributed by atoms with Crippen molar-refractivity contribution in [1.29, 1.82) is 0 Å². The van der Waals surface area contributed by atoms with Crippen molar-refractivity contribution in [2.45, 2.75) is 76.2 Å². The van der Waals surface area contributed by atoms with Crippen LogP contribution < -0.4 is 5.32 Å². The van der Waals surface area contributed by atoms with Crippen LogP contribution in [-0.4, -0.2) is 28.5 Å². The Balaban J connectivity index is 1.57. The molecule has 2 atom stereocenters. The van der Waals surface area contributed by atoms with Crippen molar-refractivity contribution in [3.63, 3.8) is 0 Å². The fraction of sp³-hybridized carbons (Fsp3) is 0.812. The Morgan fingerprint density at radius 1 is 1.40 bits per heavy atom. The van der Waals surface area contributed by atoms with Gasteiger partial charge in [0.15, 0.2) is 0 Å². The third-order valence-corrected chi connectivity index (χ3v) is 5.08. The number of rotatable bonds is 4. The van der Waals surface area contributed by atoms with Crippen LogP contribution in [0.25, 0.3) is 0 Å². The Bertz CT molecular complexity index is 437. The molecule has 0 radical (unpaired) electrons. The van der Waals surface area contributed by atoms with Crippen molar-refractivity contribution >= 4 is 0 Å². The third kappa shape index (κ3) is 2.91. The molecule has 1 aliphatic heterocycles. The molecular weight excluding hydrogens is 250 g/mol. The molecule has 1 N–H and O–H groups in total. The van der Waals surface area contributed by atoms with Gasteiger partial charge in [-0.25, -0.2) is 0 Å². The average Bonchev–Trinajstić information content (AvgIpc) is 3.07. The molecule has 1 spiro atoms. The van der Waals surface area contributed by atoms with Crippen molar-refractivity contribution in [2.75, 3.05) is 7.05 Å². The van der Waals surface area contributed by atoms with Gasteiger partial charge in [-0.1, -0.05) is 19.3 Å². The normalized spacial score (nSPS) is 27.0. The van der Waals surface area contributed by atoms with Crippen molar-refractivity contribution in [3.8, 4) is 0 Å². The van der Waals surface area contributed by atoms with E-state index >= 15 is 0 Å². The standard InChI is InChI=1S/C16H27N3O/c1-13(17-2)14-10-18-19(11-14)12-15-6-9-16(20-15)7-4-3-5-8-16/h10-11,13,15,17H,3-9,12H2,1-2H3. The first-order valence-corrected chi connectivity index (χ1v) is 8.08. The van der Waals surface area contributed by atoms with Gasteiger partial charge in [-0.3, -0.25) is 4.68 Å². The Morgan fingerprint density at radius 2 is 2.20 bits per heavy atom. The highest BCUT2D eigenvalue weighted by Gasteiger charge is 2.40. The maximum Gasteiger partial charge on any atom is 0.0779 e. The lowest BCUT2D eigenvalue weighted by Crippen LogP contribution is -2.32. The molecule has 1 aliphatic carbocycles. The van der Waals surface area contributed by atoms with E-state index in [0.29, 0.717) is 12.1 Å². The summed E-state index contributed by atoms with van der Waals surface area (Å²) in [6.07, 6.45) is 13.5. The molecule has 1 aromatic rings. The summed E-state index contributed by atoms with van der Waals surface area (Å²) < 4.78 is 8.46. The Kier molecular flexibility index (Phi) is 4.13. The van der Waals surface area contributed by atoms with Gasteiger partial charge in [0.1, 0.15) is 0 Å². The third-order valence-electron chi connectivity index (χ3n) is 5.08. The first-order valence-electron chi connectivity index (χ1n) is 8.08. The highest BCUT2D eigenvalue weighted by molar-refractivity contribution is 5.09. The topological polar surface area (TPSA) is 39.1 Å². The first kappa shape index (κ1) is 14.1. The van der Waals surface area contributed by atoms with Crippen molar-refractivity contribution in [2.24, 2.45) is 0 Å². The summed E-state index contributed by atoms with van der Waals surface area (Å²) in [6, 6.07) is 0.359. The second-order valence-electron chi connectivity index (χ2n) is 6.53. The lowest BCUT2D eigenvalue weighted by molar-refractivity contribution is -0.0688. The van der Waals surface area contributed by atoms with Crippen LogP contribution in [0.2, 0.25) is 0 Å². The molecule has 1 saturated carbocycles. The van der Waals surface area contributed by atoms with E-state index in [0.717, 1.165) is 6.54 Å². The molecule has 0 aromatic carbocycles. The molecule has 2 heterocycles. The first-order chi connectivity index (χ1) is 9.71. The zero-order valence-corrected chi connectivity index (χ0v) is 12.8. The maximum atomic E-state index is 6.41. The zero-order chi connectivity index (χ0) is 14.0. The molecule has 4 heteroatoms. The van der Waals surface area contributed by atoms with Crippen LogP contribution in [0.1, 0.15) is 63.5 Å². The van der Waals surface area contributed by atoms with Crippen LogP contribution in [0.15, 0.2) is 12.4 Å². The molecule has 2 unspecified atom stereocenters. The van der Waals surface area contributed by atoms with E-state index in [1.54, 1.807) is 0 Å². The molecule has 1 saturated heterocycles. The monoisotopic (exact) mass is 277 g/mol.